The van der Waals surface area contributed by atoms with E-state index in [0.29, 0.717) is 0 Å². The Hall–Kier alpha value is -0.600. The molecule has 0 heterocycles. The lowest BCUT2D eigenvalue weighted by Crippen LogP contribution is -2.12. The summed E-state index contributed by atoms with van der Waals surface area (Å²) in [5, 5.41) is 17.7. The SMILES string of the molecule is C=C[C@@H](O)C[C@H](O)C=C. The molecule has 0 amide bonds. The first-order valence-electron chi connectivity index (χ1n) is 2.82. The van der Waals surface area contributed by atoms with Crippen LogP contribution in [0.1, 0.15) is 6.42 Å². The number of hydrogen-bond acceptors (Lipinski definition) is 2. The molecule has 0 rings (SSSR count). The van der Waals surface area contributed by atoms with Crippen molar-refractivity contribution in [2.24, 2.45) is 0 Å². The maximum Gasteiger partial charge on any atom is 0.0746 e. The summed E-state index contributed by atoms with van der Waals surface area (Å²) in [5.41, 5.74) is 0. The van der Waals surface area contributed by atoms with Gasteiger partial charge in [0, 0.05) is 6.42 Å². The Morgan fingerprint density at radius 3 is 1.67 bits per heavy atom. The molecule has 9 heavy (non-hydrogen) atoms. The standard InChI is InChI=1S/C7H12O2/c1-3-6(8)5-7(9)4-2/h3-4,6-9H,1-2,5H2/t6-,7-/m1/s1. The minimum absolute atomic E-state index is 0.285. The summed E-state index contributed by atoms with van der Waals surface area (Å²) >= 11 is 0. The van der Waals surface area contributed by atoms with Crippen molar-refractivity contribution in [2.75, 3.05) is 0 Å². The minimum Gasteiger partial charge on any atom is -0.389 e. The molecular formula is C7H12O2. The van der Waals surface area contributed by atoms with E-state index in [1.54, 1.807) is 0 Å². The van der Waals surface area contributed by atoms with Crippen LogP contribution in [0.2, 0.25) is 0 Å². The Morgan fingerprint density at radius 1 is 1.11 bits per heavy atom. The van der Waals surface area contributed by atoms with Crippen LogP contribution < -0.4 is 0 Å². The van der Waals surface area contributed by atoms with Gasteiger partial charge in [-0.2, -0.15) is 0 Å². The molecule has 0 aromatic rings. The fourth-order valence-corrected chi connectivity index (χ4v) is 0.440. The van der Waals surface area contributed by atoms with Gasteiger partial charge in [-0.1, -0.05) is 12.2 Å². The van der Waals surface area contributed by atoms with Gasteiger partial charge >= 0.3 is 0 Å². The number of hydrogen-bond donors (Lipinski definition) is 2. The highest BCUT2D eigenvalue weighted by Gasteiger charge is 2.03. The van der Waals surface area contributed by atoms with Gasteiger partial charge in [0.15, 0.2) is 0 Å². The third-order valence-corrected chi connectivity index (χ3v) is 1.03. The molecule has 2 N–H and O–H groups in total. The fourth-order valence-electron chi connectivity index (χ4n) is 0.440. The summed E-state index contributed by atoms with van der Waals surface area (Å²) in [6.45, 7) is 6.71. The van der Waals surface area contributed by atoms with Gasteiger partial charge in [-0.15, -0.1) is 13.2 Å². The van der Waals surface area contributed by atoms with E-state index in [2.05, 4.69) is 13.2 Å². The maximum absolute atomic E-state index is 8.83. The second kappa shape index (κ2) is 4.30. The van der Waals surface area contributed by atoms with Crippen LogP contribution >= 0.6 is 0 Å². The van der Waals surface area contributed by atoms with Crippen LogP contribution in [0.4, 0.5) is 0 Å². The summed E-state index contributed by atoms with van der Waals surface area (Å²) in [6, 6.07) is 0. The van der Waals surface area contributed by atoms with Gasteiger partial charge in [-0.05, 0) is 0 Å². The first kappa shape index (κ1) is 8.40. The molecule has 2 heteroatoms. The quantitative estimate of drug-likeness (QED) is 0.540. The molecule has 2 atom stereocenters. The molecule has 0 fully saturated rings. The Balaban J connectivity index is 3.45. The van der Waals surface area contributed by atoms with Gasteiger partial charge in [0.05, 0.1) is 12.2 Å². The van der Waals surface area contributed by atoms with Gasteiger partial charge in [0.25, 0.3) is 0 Å². The normalized spacial score (nSPS) is 16.2. The van der Waals surface area contributed by atoms with E-state index in [9.17, 15) is 0 Å². The van der Waals surface area contributed by atoms with Crippen molar-refractivity contribution in [3.63, 3.8) is 0 Å². The van der Waals surface area contributed by atoms with Crippen molar-refractivity contribution in [1.29, 1.82) is 0 Å². The Morgan fingerprint density at radius 2 is 1.44 bits per heavy atom. The van der Waals surface area contributed by atoms with Crippen LogP contribution in [0.5, 0.6) is 0 Å². The molecule has 0 bridgehead atoms. The molecule has 0 aromatic heterocycles. The summed E-state index contributed by atoms with van der Waals surface area (Å²) in [7, 11) is 0. The molecule has 0 radical (unpaired) electrons. The Labute approximate surface area is 55.1 Å². The molecule has 0 aliphatic carbocycles. The smallest absolute Gasteiger partial charge is 0.0746 e. The summed E-state index contributed by atoms with van der Waals surface area (Å²) < 4.78 is 0. The fraction of sp³-hybridized carbons (Fsp3) is 0.429. The van der Waals surface area contributed by atoms with Crippen molar-refractivity contribution in [2.45, 2.75) is 18.6 Å². The van der Waals surface area contributed by atoms with E-state index >= 15 is 0 Å². The molecular weight excluding hydrogens is 116 g/mol. The molecule has 0 spiro atoms. The second-order valence-corrected chi connectivity index (χ2v) is 1.84. The monoisotopic (exact) mass is 128 g/mol. The Bertz CT molecular complexity index is 87.1. The average molecular weight is 128 g/mol. The van der Waals surface area contributed by atoms with Crippen molar-refractivity contribution in [1.82, 2.24) is 0 Å². The van der Waals surface area contributed by atoms with Crippen LogP contribution in [-0.2, 0) is 0 Å². The highest BCUT2D eigenvalue weighted by atomic mass is 16.3. The predicted molar refractivity (Wildman–Crippen MR) is 37.0 cm³/mol. The zero-order valence-electron chi connectivity index (χ0n) is 5.33. The molecule has 2 nitrogen and oxygen atoms in total. The molecule has 0 saturated heterocycles. The number of rotatable bonds is 4. The summed E-state index contributed by atoms with van der Waals surface area (Å²) in [6.07, 6.45) is 1.79. The van der Waals surface area contributed by atoms with Gasteiger partial charge < -0.3 is 10.2 Å². The molecule has 0 aromatic carbocycles. The lowest BCUT2D eigenvalue weighted by atomic mass is 10.1. The second-order valence-electron chi connectivity index (χ2n) is 1.84. The minimum atomic E-state index is -0.627. The van der Waals surface area contributed by atoms with Crippen LogP contribution in [0.3, 0.4) is 0 Å². The van der Waals surface area contributed by atoms with Crippen LogP contribution in [-0.4, -0.2) is 22.4 Å². The molecule has 52 valence electrons. The van der Waals surface area contributed by atoms with Gasteiger partial charge in [-0.3, -0.25) is 0 Å². The van der Waals surface area contributed by atoms with Gasteiger partial charge in [-0.25, -0.2) is 0 Å². The van der Waals surface area contributed by atoms with E-state index in [-0.39, 0.29) is 6.42 Å². The molecule has 0 aliphatic heterocycles. The highest BCUT2D eigenvalue weighted by Crippen LogP contribution is 1.98. The third-order valence-electron chi connectivity index (χ3n) is 1.03. The van der Waals surface area contributed by atoms with E-state index in [1.165, 1.54) is 12.2 Å². The Kier molecular flexibility index (Phi) is 4.01. The number of aliphatic hydroxyl groups excluding tert-OH is 2. The lowest BCUT2D eigenvalue weighted by Gasteiger charge is -2.06. The molecule has 0 aliphatic rings. The van der Waals surface area contributed by atoms with E-state index in [0.717, 1.165) is 0 Å². The van der Waals surface area contributed by atoms with E-state index in [1.807, 2.05) is 0 Å². The van der Waals surface area contributed by atoms with Crippen molar-refractivity contribution >= 4 is 0 Å². The third kappa shape index (κ3) is 3.94. The predicted octanol–water partition coefficient (Wildman–Crippen LogP) is 0.470. The van der Waals surface area contributed by atoms with Crippen LogP contribution in [0, 0.1) is 0 Å². The zero-order chi connectivity index (χ0) is 7.28. The summed E-state index contributed by atoms with van der Waals surface area (Å²) in [4.78, 5) is 0. The van der Waals surface area contributed by atoms with Crippen molar-refractivity contribution < 1.29 is 10.2 Å². The van der Waals surface area contributed by atoms with Crippen LogP contribution in [0.15, 0.2) is 25.3 Å². The molecule has 0 saturated carbocycles. The van der Waals surface area contributed by atoms with Gasteiger partial charge in [0.1, 0.15) is 0 Å². The topological polar surface area (TPSA) is 40.5 Å². The van der Waals surface area contributed by atoms with Crippen molar-refractivity contribution in [3.05, 3.63) is 25.3 Å². The average Bonchev–Trinajstić information content (AvgIpc) is 1.87. The van der Waals surface area contributed by atoms with E-state index in [4.69, 9.17) is 10.2 Å². The highest BCUT2D eigenvalue weighted by molar-refractivity contribution is 4.86. The summed E-state index contributed by atoms with van der Waals surface area (Å²) in [5.74, 6) is 0. The first-order chi connectivity index (χ1) is 4.20. The largest absolute Gasteiger partial charge is 0.389 e. The van der Waals surface area contributed by atoms with E-state index < -0.39 is 12.2 Å². The zero-order valence-corrected chi connectivity index (χ0v) is 5.33. The first-order valence-corrected chi connectivity index (χ1v) is 2.82. The molecule has 0 unspecified atom stereocenters. The van der Waals surface area contributed by atoms with Crippen LogP contribution in [0.25, 0.3) is 0 Å². The van der Waals surface area contributed by atoms with Crippen molar-refractivity contribution in [3.8, 4) is 0 Å². The van der Waals surface area contributed by atoms with Gasteiger partial charge in [0.2, 0.25) is 0 Å². The maximum atomic E-state index is 8.83. The number of aliphatic hydroxyl groups is 2. The lowest BCUT2D eigenvalue weighted by molar-refractivity contribution is 0.133.